The molecule has 5 nitrogen and oxygen atoms in total. The van der Waals surface area contributed by atoms with Gasteiger partial charge in [0.05, 0.1) is 18.0 Å². The van der Waals surface area contributed by atoms with Gasteiger partial charge in [-0.25, -0.2) is 0 Å². The molecule has 0 fully saturated rings. The van der Waals surface area contributed by atoms with Crippen LogP contribution < -0.4 is 5.32 Å². The monoisotopic (exact) mass is 309 g/mol. The normalized spacial score (nSPS) is 12.1. The molecule has 1 atom stereocenters. The van der Waals surface area contributed by atoms with Crippen LogP contribution in [0.2, 0.25) is 0 Å². The number of nitrogens with one attached hydrogen (secondary N) is 1. The maximum atomic E-state index is 12.5. The Bertz CT molecular complexity index is 773. The SMILES string of the molecule is CC[C@H](NC(=O)c1ccc(-c2ccco2)cc1)c1ccnn1C. The molecule has 0 radical (unpaired) electrons. The van der Waals surface area contributed by atoms with Crippen LogP contribution in [0.4, 0.5) is 0 Å². The van der Waals surface area contributed by atoms with Crippen molar-refractivity contribution < 1.29 is 9.21 Å². The number of hydrogen-bond donors (Lipinski definition) is 1. The first kappa shape index (κ1) is 15.1. The molecular formula is C18H19N3O2. The molecule has 0 saturated heterocycles. The van der Waals surface area contributed by atoms with E-state index in [1.54, 1.807) is 17.1 Å². The van der Waals surface area contributed by atoms with Gasteiger partial charge >= 0.3 is 0 Å². The Morgan fingerprint density at radius 1 is 1.26 bits per heavy atom. The highest BCUT2D eigenvalue weighted by molar-refractivity contribution is 5.94. The average molecular weight is 309 g/mol. The van der Waals surface area contributed by atoms with Crippen molar-refractivity contribution in [2.75, 3.05) is 0 Å². The van der Waals surface area contributed by atoms with E-state index in [2.05, 4.69) is 10.4 Å². The van der Waals surface area contributed by atoms with Crippen molar-refractivity contribution in [3.05, 3.63) is 66.2 Å². The highest BCUT2D eigenvalue weighted by atomic mass is 16.3. The third kappa shape index (κ3) is 3.18. The number of amides is 1. The number of rotatable bonds is 5. The van der Waals surface area contributed by atoms with Crippen molar-refractivity contribution in [1.29, 1.82) is 0 Å². The first-order chi connectivity index (χ1) is 11.2. The maximum Gasteiger partial charge on any atom is 0.251 e. The number of furan rings is 1. The van der Waals surface area contributed by atoms with E-state index in [1.165, 1.54) is 0 Å². The number of aromatic nitrogens is 2. The summed E-state index contributed by atoms with van der Waals surface area (Å²) >= 11 is 0. The standard InChI is InChI=1S/C18H19N3O2/c1-3-15(16-10-11-19-21(16)2)20-18(22)14-8-6-13(7-9-14)17-5-4-12-23-17/h4-12,15H,3H2,1-2H3,(H,20,22)/t15-/m0/s1. The van der Waals surface area contributed by atoms with Crippen LogP contribution in [-0.2, 0) is 7.05 Å². The second-order valence-electron chi connectivity index (χ2n) is 5.37. The molecule has 118 valence electrons. The molecule has 2 aromatic heterocycles. The predicted molar refractivity (Wildman–Crippen MR) is 87.9 cm³/mol. The number of hydrogen-bond acceptors (Lipinski definition) is 3. The summed E-state index contributed by atoms with van der Waals surface area (Å²) in [5, 5.41) is 7.22. The predicted octanol–water partition coefficient (Wildman–Crippen LogP) is 3.56. The summed E-state index contributed by atoms with van der Waals surface area (Å²) in [5.74, 6) is 0.697. The van der Waals surface area contributed by atoms with E-state index in [1.807, 2.05) is 56.4 Å². The topological polar surface area (TPSA) is 60.1 Å². The number of carbonyl (C=O) groups excluding carboxylic acids is 1. The Balaban J connectivity index is 1.74. The van der Waals surface area contributed by atoms with Gasteiger partial charge in [-0.1, -0.05) is 19.1 Å². The van der Waals surface area contributed by atoms with Crippen molar-refractivity contribution in [2.24, 2.45) is 7.05 Å². The van der Waals surface area contributed by atoms with E-state index in [-0.39, 0.29) is 11.9 Å². The van der Waals surface area contributed by atoms with Crippen molar-refractivity contribution in [2.45, 2.75) is 19.4 Å². The second-order valence-corrected chi connectivity index (χ2v) is 5.37. The van der Waals surface area contributed by atoms with Gasteiger partial charge in [-0.2, -0.15) is 5.10 Å². The third-order valence-electron chi connectivity index (χ3n) is 3.88. The van der Waals surface area contributed by atoms with Gasteiger partial charge in [-0.05, 0) is 36.8 Å². The maximum absolute atomic E-state index is 12.5. The smallest absolute Gasteiger partial charge is 0.251 e. The first-order valence-corrected chi connectivity index (χ1v) is 7.61. The summed E-state index contributed by atoms with van der Waals surface area (Å²) in [4.78, 5) is 12.5. The fourth-order valence-corrected chi connectivity index (χ4v) is 2.58. The Hall–Kier alpha value is -2.82. The van der Waals surface area contributed by atoms with Gasteiger partial charge in [-0.3, -0.25) is 9.48 Å². The Morgan fingerprint density at radius 2 is 2.04 bits per heavy atom. The molecular weight excluding hydrogens is 290 g/mol. The lowest BCUT2D eigenvalue weighted by molar-refractivity contribution is 0.0934. The van der Waals surface area contributed by atoms with Gasteiger partial charge in [0.1, 0.15) is 5.76 Å². The Labute approximate surface area is 134 Å². The molecule has 0 spiro atoms. The summed E-state index contributed by atoms with van der Waals surface area (Å²) in [6.45, 7) is 2.04. The van der Waals surface area contributed by atoms with Crippen LogP contribution in [0.3, 0.4) is 0 Å². The van der Waals surface area contributed by atoms with E-state index >= 15 is 0 Å². The molecule has 1 N–H and O–H groups in total. The summed E-state index contributed by atoms with van der Waals surface area (Å²) in [6, 6.07) is 13.0. The van der Waals surface area contributed by atoms with E-state index in [0.29, 0.717) is 5.56 Å². The van der Waals surface area contributed by atoms with Gasteiger partial charge in [0.15, 0.2) is 0 Å². The zero-order chi connectivity index (χ0) is 16.2. The molecule has 0 aliphatic rings. The zero-order valence-corrected chi connectivity index (χ0v) is 13.2. The fourth-order valence-electron chi connectivity index (χ4n) is 2.58. The number of benzene rings is 1. The molecule has 5 heteroatoms. The highest BCUT2D eigenvalue weighted by Gasteiger charge is 2.16. The zero-order valence-electron chi connectivity index (χ0n) is 13.2. The molecule has 0 aliphatic heterocycles. The fraction of sp³-hybridized carbons (Fsp3) is 0.222. The molecule has 0 aliphatic carbocycles. The van der Waals surface area contributed by atoms with Crippen molar-refractivity contribution in [3.63, 3.8) is 0 Å². The number of carbonyl (C=O) groups is 1. The number of nitrogens with zero attached hydrogens (tertiary/aromatic N) is 2. The van der Waals surface area contributed by atoms with E-state index in [0.717, 1.165) is 23.4 Å². The molecule has 2 heterocycles. The van der Waals surface area contributed by atoms with Crippen molar-refractivity contribution in [1.82, 2.24) is 15.1 Å². The third-order valence-corrected chi connectivity index (χ3v) is 3.88. The summed E-state index contributed by atoms with van der Waals surface area (Å²) in [6.07, 6.45) is 4.17. The minimum absolute atomic E-state index is 0.0558. The molecule has 1 amide bonds. The summed E-state index contributed by atoms with van der Waals surface area (Å²) < 4.78 is 7.14. The Morgan fingerprint density at radius 3 is 2.61 bits per heavy atom. The minimum atomic E-state index is -0.0935. The summed E-state index contributed by atoms with van der Waals surface area (Å²) in [7, 11) is 1.88. The molecule has 0 saturated carbocycles. The molecule has 0 bridgehead atoms. The minimum Gasteiger partial charge on any atom is -0.464 e. The quantitative estimate of drug-likeness (QED) is 0.784. The molecule has 3 rings (SSSR count). The van der Waals surface area contributed by atoms with Crippen LogP contribution in [0.1, 0.15) is 35.4 Å². The van der Waals surface area contributed by atoms with Crippen LogP contribution in [0.15, 0.2) is 59.3 Å². The van der Waals surface area contributed by atoms with Gasteiger partial charge < -0.3 is 9.73 Å². The lowest BCUT2D eigenvalue weighted by atomic mass is 10.1. The highest BCUT2D eigenvalue weighted by Crippen LogP contribution is 2.21. The van der Waals surface area contributed by atoms with Gasteiger partial charge in [0, 0.05) is 24.4 Å². The molecule has 3 aromatic rings. The van der Waals surface area contributed by atoms with Crippen LogP contribution in [-0.4, -0.2) is 15.7 Å². The van der Waals surface area contributed by atoms with Crippen LogP contribution in [0.25, 0.3) is 11.3 Å². The molecule has 1 aromatic carbocycles. The van der Waals surface area contributed by atoms with Gasteiger partial charge in [0.2, 0.25) is 0 Å². The van der Waals surface area contributed by atoms with Gasteiger partial charge in [-0.15, -0.1) is 0 Å². The van der Waals surface area contributed by atoms with Crippen LogP contribution >= 0.6 is 0 Å². The van der Waals surface area contributed by atoms with Crippen molar-refractivity contribution >= 4 is 5.91 Å². The largest absolute Gasteiger partial charge is 0.464 e. The van der Waals surface area contributed by atoms with E-state index < -0.39 is 0 Å². The second kappa shape index (κ2) is 6.52. The number of aryl methyl sites for hydroxylation is 1. The van der Waals surface area contributed by atoms with Crippen LogP contribution in [0.5, 0.6) is 0 Å². The van der Waals surface area contributed by atoms with Crippen molar-refractivity contribution in [3.8, 4) is 11.3 Å². The lowest BCUT2D eigenvalue weighted by Gasteiger charge is -2.17. The molecule has 0 unspecified atom stereocenters. The van der Waals surface area contributed by atoms with Crippen LogP contribution in [0, 0.1) is 0 Å². The van der Waals surface area contributed by atoms with Gasteiger partial charge in [0.25, 0.3) is 5.91 Å². The van der Waals surface area contributed by atoms with E-state index in [4.69, 9.17) is 4.42 Å². The Kier molecular flexibility index (Phi) is 4.28. The summed E-state index contributed by atoms with van der Waals surface area (Å²) in [5.41, 5.74) is 2.57. The average Bonchev–Trinajstić information content (AvgIpc) is 3.24. The first-order valence-electron chi connectivity index (χ1n) is 7.61. The lowest BCUT2D eigenvalue weighted by Crippen LogP contribution is -2.29. The van der Waals surface area contributed by atoms with E-state index in [9.17, 15) is 4.79 Å². The molecule has 23 heavy (non-hydrogen) atoms.